The van der Waals surface area contributed by atoms with Gasteiger partial charge in [0.1, 0.15) is 5.57 Å². The zero-order valence-electron chi connectivity index (χ0n) is 14.8. The summed E-state index contributed by atoms with van der Waals surface area (Å²) in [4.78, 5) is 26.7. The Morgan fingerprint density at radius 2 is 1.82 bits per heavy atom. The predicted octanol–water partition coefficient (Wildman–Crippen LogP) is 3.79. The number of amides is 2. The number of nitrogens with one attached hydrogen (secondary N) is 1. The van der Waals surface area contributed by atoms with Gasteiger partial charge in [0.25, 0.3) is 11.8 Å². The van der Waals surface area contributed by atoms with E-state index in [1.807, 2.05) is 0 Å². The minimum absolute atomic E-state index is 0.0105. The second-order valence-electron chi connectivity index (χ2n) is 5.67. The molecule has 1 aliphatic heterocycles. The highest BCUT2D eigenvalue weighted by molar-refractivity contribution is 14.1. The highest BCUT2D eigenvalue weighted by Gasteiger charge is 2.34. The number of ether oxygens (including phenoxy) is 2. The summed E-state index contributed by atoms with van der Waals surface area (Å²) < 4.78 is 11.4. The molecule has 1 heterocycles. The molecule has 0 unspecified atom stereocenters. The van der Waals surface area contributed by atoms with Gasteiger partial charge in [0, 0.05) is 5.02 Å². The van der Waals surface area contributed by atoms with Crippen LogP contribution >= 0.6 is 46.4 Å². The van der Waals surface area contributed by atoms with Crippen molar-refractivity contribution in [3.63, 3.8) is 0 Å². The Labute approximate surface area is 185 Å². The fraction of sp³-hybridized carbons (Fsp3) is 0.105. The third-order valence-electron chi connectivity index (χ3n) is 3.95. The highest BCUT2D eigenvalue weighted by Crippen LogP contribution is 2.34. The average Bonchev–Trinajstić information content (AvgIpc) is 2.66. The number of halogens is 2. The monoisotopic (exact) mass is 528 g/mol. The summed E-state index contributed by atoms with van der Waals surface area (Å²) in [6.45, 7) is 0. The van der Waals surface area contributed by atoms with Gasteiger partial charge in [0.15, 0.2) is 16.6 Å². The van der Waals surface area contributed by atoms with E-state index in [-0.39, 0.29) is 10.7 Å². The van der Waals surface area contributed by atoms with Crippen LogP contribution in [0.25, 0.3) is 6.08 Å². The molecule has 9 heteroatoms. The molecule has 0 aliphatic carbocycles. The van der Waals surface area contributed by atoms with Gasteiger partial charge in [0.05, 0.1) is 23.5 Å². The van der Waals surface area contributed by atoms with Crippen LogP contribution in [0.15, 0.2) is 42.0 Å². The van der Waals surface area contributed by atoms with E-state index in [1.165, 1.54) is 18.1 Å². The maximum Gasteiger partial charge on any atom is 0.270 e. The standard InChI is InChI=1S/C19H14ClIN2O4S/c1-26-15-9-10(8-14(21)16(15)27-2)7-13-17(24)22-19(28)23(18(13)25)12-5-3-11(20)4-6-12/h3-9H,1-2H3,(H,22,24,28)/b13-7-. The van der Waals surface area contributed by atoms with Gasteiger partial charge in [-0.25, -0.2) is 0 Å². The molecule has 1 aliphatic rings. The number of carbonyl (C=O) groups is 2. The van der Waals surface area contributed by atoms with Gasteiger partial charge in [-0.15, -0.1) is 0 Å². The van der Waals surface area contributed by atoms with E-state index < -0.39 is 11.8 Å². The maximum absolute atomic E-state index is 13.0. The van der Waals surface area contributed by atoms with Crippen molar-refractivity contribution < 1.29 is 19.1 Å². The molecule has 0 radical (unpaired) electrons. The lowest BCUT2D eigenvalue weighted by molar-refractivity contribution is -0.122. The van der Waals surface area contributed by atoms with Crippen molar-refractivity contribution in [2.75, 3.05) is 19.1 Å². The zero-order valence-corrected chi connectivity index (χ0v) is 18.5. The van der Waals surface area contributed by atoms with E-state index in [4.69, 9.17) is 33.3 Å². The van der Waals surface area contributed by atoms with Gasteiger partial charge in [-0.2, -0.15) is 0 Å². The normalized spacial score (nSPS) is 15.6. The molecule has 0 aromatic heterocycles. The summed E-state index contributed by atoms with van der Waals surface area (Å²) in [6.07, 6.45) is 1.49. The predicted molar refractivity (Wildman–Crippen MR) is 120 cm³/mol. The number of benzene rings is 2. The number of methoxy groups -OCH3 is 2. The van der Waals surface area contributed by atoms with Crippen molar-refractivity contribution in [3.05, 3.63) is 56.1 Å². The fourth-order valence-corrected chi connectivity index (χ4v) is 3.92. The van der Waals surface area contributed by atoms with Gasteiger partial charge in [-0.05, 0) is 82.8 Å². The maximum atomic E-state index is 13.0. The van der Waals surface area contributed by atoms with E-state index >= 15 is 0 Å². The average molecular weight is 529 g/mol. The number of thiocarbonyl (C=S) groups is 1. The molecule has 1 fully saturated rings. The van der Waals surface area contributed by atoms with Gasteiger partial charge >= 0.3 is 0 Å². The molecule has 3 rings (SSSR count). The van der Waals surface area contributed by atoms with E-state index in [1.54, 1.807) is 43.5 Å². The van der Waals surface area contributed by atoms with Crippen molar-refractivity contribution in [2.45, 2.75) is 0 Å². The number of hydrogen-bond acceptors (Lipinski definition) is 5. The van der Waals surface area contributed by atoms with Crippen molar-refractivity contribution in [1.82, 2.24) is 5.32 Å². The first kappa shape index (κ1) is 20.6. The third kappa shape index (κ3) is 3.98. The number of anilines is 1. The molecule has 0 bridgehead atoms. The van der Waals surface area contributed by atoms with E-state index in [9.17, 15) is 9.59 Å². The lowest BCUT2D eigenvalue weighted by Gasteiger charge is -2.29. The molecule has 28 heavy (non-hydrogen) atoms. The molecular weight excluding hydrogens is 515 g/mol. The van der Waals surface area contributed by atoms with Crippen LogP contribution in [0.4, 0.5) is 5.69 Å². The lowest BCUT2D eigenvalue weighted by Crippen LogP contribution is -2.54. The first-order valence-electron chi connectivity index (χ1n) is 7.94. The summed E-state index contributed by atoms with van der Waals surface area (Å²) >= 11 is 13.2. The van der Waals surface area contributed by atoms with Gasteiger partial charge < -0.3 is 9.47 Å². The second-order valence-corrected chi connectivity index (χ2v) is 7.66. The molecule has 2 aromatic carbocycles. The van der Waals surface area contributed by atoms with Gasteiger partial charge in [-0.3, -0.25) is 19.8 Å². The summed E-state index contributed by atoms with van der Waals surface area (Å²) in [5.41, 5.74) is 1.07. The van der Waals surface area contributed by atoms with Crippen LogP contribution in [0.2, 0.25) is 5.02 Å². The van der Waals surface area contributed by atoms with Gasteiger partial charge in [-0.1, -0.05) is 11.6 Å². The number of nitrogens with zero attached hydrogens (tertiary/aromatic N) is 1. The van der Waals surface area contributed by atoms with Gasteiger partial charge in [0.2, 0.25) is 0 Å². The lowest BCUT2D eigenvalue weighted by atomic mass is 10.1. The Bertz CT molecular complexity index is 1010. The Hall–Kier alpha value is -2.17. The van der Waals surface area contributed by atoms with Crippen LogP contribution < -0.4 is 19.7 Å². The van der Waals surface area contributed by atoms with Crippen LogP contribution in [-0.4, -0.2) is 31.1 Å². The molecule has 0 atom stereocenters. The Morgan fingerprint density at radius 1 is 1.14 bits per heavy atom. The van der Waals surface area contributed by atoms with Crippen LogP contribution in [0.5, 0.6) is 11.5 Å². The van der Waals surface area contributed by atoms with Crippen LogP contribution in [0.1, 0.15) is 5.56 Å². The number of rotatable bonds is 4. The zero-order chi connectivity index (χ0) is 20.4. The van der Waals surface area contributed by atoms with E-state index in [2.05, 4.69) is 27.9 Å². The Kier molecular flexibility index (Phi) is 6.21. The summed E-state index contributed by atoms with van der Waals surface area (Å²) in [5.74, 6) is -0.0190. The number of hydrogen-bond donors (Lipinski definition) is 1. The number of carbonyl (C=O) groups excluding carboxylic acids is 2. The fourth-order valence-electron chi connectivity index (χ4n) is 2.67. The largest absolute Gasteiger partial charge is 0.493 e. The molecule has 2 amide bonds. The minimum Gasteiger partial charge on any atom is -0.493 e. The minimum atomic E-state index is -0.565. The molecule has 144 valence electrons. The Balaban J connectivity index is 2.04. The molecule has 1 N–H and O–H groups in total. The van der Waals surface area contributed by atoms with Crippen molar-refractivity contribution in [3.8, 4) is 11.5 Å². The topological polar surface area (TPSA) is 67.9 Å². The third-order valence-corrected chi connectivity index (χ3v) is 5.29. The van der Waals surface area contributed by atoms with Crippen LogP contribution in [0, 0.1) is 3.57 Å². The first-order valence-corrected chi connectivity index (χ1v) is 9.80. The van der Waals surface area contributed by atoms with Crippen molar-refractivity contribution in [1.29, 1.82) is 0 Å². The molecule has 2 aromatic rings. The SMILES string of the molecule is COc1cc(/C=C2/C(=O)NC(=S)N(c3ccc(Cl)cc3)C2=O)cc(I)c1OC. The summed E-state index contributed by atoms with van der Waals surface area (Å²) in [5, 5.41) is 3.08. The quantitative estimate of drug-likeness (QED) is 0.283. The van der Waals surface area contributed by atoms with Crippen molar-refractivity contribution >= 4 is 75.1 Å². The molecule has 6 nitrogen and oxygen atoms in total. The molecule has 0 spiro atoms. The van der Waals surface area contributed by atoms with Crippen LogP contribution in [0.3, 0.4) is 0 Å². The summed E-state index contributed by atoms with van der Waals surface area (Å²) in [7, 11) is 3.06. The van der Waals surface area contributed by atoms with E-state index in [0.29, 0.717) is 27.8 Å². The summed E-state index contributed by atoms with van der Waals surface area (Å²) in [6, 6.07) is 10.1. The second kappa shape index (κ2) is 8.46. The van der Waals surface area contributed by atoms with Crippen LogP contribution in [-0.2, 0) is 9.59 Å². The smallest absolute Gasteiger partial charge is 0.270 e. The van der Waals surface area contributed by atoms with Crippen molar-refractivity contribution in [2.24, 2.45) is 0 Å². The molecule has 1 saturated heterocycles. The highest BCUT2D eigenvalue weighted by atomic mass is 127. The Morgan fingerprint density at radius 3 is 2.43 bits per heavy atom. The molecular formula is C19H14ClIN2O4S. The first-order chi connectivity index (χ1) is 13.3. The van der Waals surface area contributed by atoms with E-state index in [0.717, 1.165) is 3.57 Å². The molecule has 0 saturated carbocycles.